The highest BCUT2D eigenvalue weighted by atomic mass is 32.2. The minimum absolute atomic E-state index is 0.159. The second-order valence-corrected chi connectivity index (χ2v) is 7.66. The van der Waals surface area contributed by atoms with E-state index in [9.17, 15) is 18.0 Å². The molecule has 1 amide bonds. The number of thiophene rings is 1. The molecular weight excluding hydrogens is 314 g/mol. The maximum absolute atomic E-state index is 11.8. The Hall–Kier alpha value is -1.41. The molecule has 21 heavy (non-hydrogen) atoms. The summed E-state index contributed by atoms with van der Waals surface area (Å²) >= 11 is 1.10. The monoisotopic (exact) mass is 333 g/mol. The highest BCUT2D eigenvalue weighted by molar-refractivity contribution is 7.90. The fourth-order valence-corrected chi connectivity index (χ4v) is 3.61. The lowest BCUT2D eigenvalue weighted by Crippen LogP contribution is -2.23. The number of nitrogens with one attached hydrogen (secondary N) is 1. The number of carbonyl (C=O) groups excluding carboxylic acids is 1. The van der Waals surface area contributed by atoms with Gasteiger partial charge in [0.15, 0.2) is 9.84 Å². The normalized spacial score (nSPS) is 11.3. The van der Waals surface area contributed by atoms with Crippen LogP contribution in [0.4, 0.5) is 0 Å². The molecule has 0 fully saturated rings. The van der Waals surface area contributed by atoms with Gasteiger partial charge in [-0.2, -0.15) is 0 Å². The summed E-state index contributed by atoms with van der Waals surface area (Å²) in [6, 6.07) is 1.38. The van der Waals surface area contributed by atoms with Gasteiger partial charge >= 0.3 is 5.97 Å². The minimum atomic E-state index is -3.28. The first kappa shape index (κ1) is 17.6. The number of unbranched alkanes of at least 4 members (excludes halogenated alkanes) is 3. The zero-order chi connectivity index (χ0) is 15.9. The van der Waals surface area contributed by atoms with Crippen molar-refractivity contribution in [2.75, 3.05) is 12.8 Å². The van der Waals surface area contributed by atoms with Crippen LogP contribution in [-0.4, -0.2) is 38.2 Å². The summed E-state index contributed by atoms with van der Waals surface area (Å²) in [5.74, 6) is -1.07. The lowest BCUT2D eigenvalue weighted by Gasteiger charge is -2.03. The van der Waals surface area contributed by atoms with E-state index < -0.39 is 15.8 Å². The molecule has 1 aromatic heterocycles. The Kier molecular flexibility index (Phi) is 6.83. The van der Waals surface area contributed by atoms with Gasteiger partial charge in [0.1, 0.15) is 0 Å². The van der Waals surface area contributed by atoms with E-state index in [0.717, 1.165) is 36.9 Å². The molecule has 0 radical (unpaired) electrons. The first-order valence-electron chi connectivity index (χ1n) is 6.59. The zero-order valence-corrected chi connectivity index (χ0v) is 13.4. The molecule has 0 aliphatic carbocycles. The molecule has 0 bridgehead atoms. The Labute approximate surface area is 128 Å². The van der Waals surface area contributed by atoms with Gasteiger partial charge in [-0.3, -0.25) is 9.59 Å². The quantitative estimate of drug-likeness (QED) is 0.672. The maximum Gasteiger partial charge on any atom is 0.303 e. The third kappa shape index (κ3) is 6.72. The van der Waals surface area contributed by atoms with Crippen LogP contribution in [0.15, 0.2) is 16.3 Å². The molecule has 6 nitrogen and oxygen atoms in total. The van der Waals surface area contributed by atoms with Crippen molar-refractivity contribution < 1.29 is 23.1 Å². The molecule has 8 heteroatoms. The van der Waals surface area contributed by atoms with Crippen LogP contribution in [0.25, 0.3) is 0 Å². The van der Waals surface area contributed by atoms with Crippen molar-refractivity contribution in [1.29, 1.82) is 0 Å². The largest absolute Gasteiger partial charge is 0.481 e. The van der Waals surface area contributed by atoms with E-state index in [4.69, 9.17) is 5.11 Å². The van der Waals surface area contributed by atoms with Crippen molar-refractivity contribution in [3.05, 3.63) is 16.3 Å². The van der Waals surface area contributed by atoms with Gasteiger partial charge in [-0.15, -0.1) is 11.3 Å². The molecule has 0 aliphatic rings. The second kappa shape index (κ2) is 8.14. The molecule has 1 heterocycles. The number of aliphatic carboxylic acids is 1. The van der Waals surface area contributed by atoms with Crippen LogP contribution in [0, 0.1) is 0 Å². The summed E-state index contributed by atoms with van der Waals surface area (Å²) in [6.45, 7) is 0.498. The number of sulfone groups is 1. The number of hydrogen-bond acceptors (Lipinski definition) is 5. The Morgan fingerprint density at radius 1 is 1.24 bits per heavy atom. The summed E-state index contributed by atoms with van der Waals surface area (Å²) in [5.41, 5.74) is 0. The second-order valence-electron chi connectivity index (χ2n) is 4.73. The number of carboxylic acids is 1. The lowest BCUT2D eigenvalue weighted by atomic mass is 10.1. The molecule has 0 spiro atoms. The smallest absolute Gasteiger partial charge is 0.303 e. The zero-order valence-electron chi connectivity index (χ0n) is 11.8. The van der Waals surface area contributed by atoms with E-state index in [-0.39, 0.29) is 17.2 Å². The van der Waals surface area contributed by atoms with Gasteiger partial charge in [-0.05, 0) is 18.9 Å². The predicted molar refractivity (Wildman–Crippen MR) is 80.5 cm³/mol. The van der Waals surface area contributed by atoms with Crippen LogP contribution in [0.5, 0.6) is 0 Å². The van der Waals surface area contributed by atoms with E-state index in [1.165, 1.54) is 11.4 Å². The molecule has 1 aromatic rings. The van der Waals surface area contributed by atoms with Gasteiger partial charge in [-0.1, -0.05) is 12.8 Å². The number of carbonyl (C=O) groups is 2. The molecule has 0 aliphatic heterocycles. The van der Waals surface area contributed by atoms with Gasteiger partial charge < -0.3 is 10.4 Å². The van der Waals surface area contributed by atoms with Crippen molar-refractivity contribution in [3.63, 3.8) is 0 Å². The van der Waals surface area contributed by atoms with Crippen molar-refractivity contribution in [2.24, 2.45) is 0 Å². The first-order chi connectivity index (χ1) is 9.80. The summed E-state index contributed by atoms with van der Waals surface area (Å²) in [6.07, 6.45) is 4.37. The van der Waals surface area contributed by atoms with Gasteiger partial charge in [0.2, 0.25) is 0 Å². The van der Waals surface area contributed by atoms with Crippen LogP contribution >= 0.6 is 11.3 Å². The first-order valence-corrected chi connectivity index (χ1v) is 9.36. The average Bonchev–Trinajstić information content (AvgIpc) is 2.86. The topological polar surface area (TPSA) is 101 Å². The summed E-state index contributed by atoms with van der Waals surface area (Å²) in [4.78, 5) is 22.6. The average molecular weight is 333 g/mol. The Morgan fingerprint density at radius 3 is 2.48 bits per heavy atom. The third-order valence-corrected chi connectivity index (χ3v) is 5.00. The fourth-order valence-electron chi connectivity index (χ4n) is 1.68. The molecule has 1 rings (SSSR count). The van der Waals surface area contributed by atoms with Gasteiger partial charge in [-0.25, -0.2) is 8.42 Å². The highest BCUT2D eigenvalue weighted by Gasteiger charge is 2.14. The molecule has 0 saturated heterocycles. The summed E-state index contributed by atoms with van der Waals surface area (Å²) in [7, 11) is -3.28. The molecule has 2 N–H and O–H groups in total. The van der Waals surface area contributed by atoms with Crippen LogP contribution in [0.2, 0.25) is 0 Å². The predicted octanol–water partition coefficient (Wildman–Crippen LogP) is 1.92. The van der Waals surface area contributed by atoms with Crippen molar-refractivity contribution >= 4 is 33.1 Å². The van der Waals surface area contributed by atoms with E-state index >= 15 is 0 Å². The molecular formula is C13H19NO5S2. The van der Waals surface area contributed by atoms with Gasteiger partial charge in [0, 0.05) is 24.6 Å². The van der Waals surface area contributed by atoms with Gasteiger partial charge in [0.25, 0.3) is 5.91 Å². The molecule has 0 saturated carbocycles. The Balaban J connectivity index is 2.25. The van der Waals surface area contributed by atoms with Gasteiger partial charge in [0.05, 0.1) is 9.77 Å². The van der Waals surface area contributed by atoms with Crippen LogP contribution in [-0.2, 0) is 14.6 Å². The minimum Gasteiger partial charge on any atom is -0.481 e. The summed E-state index contributed by atoms with van der Waals surface area (Å²) in [5, 5.41) is 12.7. The molecule has 0 atom stereocenters. The molecule has 0 aromatic carbocycles. The van der Waals surface area contributed by atoms with Crippen LogP contribution < -0.4 is 5.32 Å². The summed E-state index contributed by atoms with van der Waals surface area (Å²) < 4.78 is 22.6. The standard InChI is InChI=1S/C13H19NO5S2/c1-21(18,19)10-8-11(20-9-10)13(17)14-7-5-3-2-4-6-12(15)16/h8-9H,2-7H2,1H3,(H,14,17)(H,15,16). The number of hydrogen-bond donors (Lipinski definition) is 2. The highest BCUT2D eigenvalue weighted by Crippen LogP contribution is 2.19. The van der Waals surface area contributed by atoms with Crippen LogP contribution in [0.3, 0.4) is 0 Å². The molecule has 0 unspecified atom stereocenters. The molecule has 118 valence electrons. The third-order valence-electron chi connectivity index (χ3n) is 2.83. The fraction of sp³-hybridized carbons (Fsp3) is 0.538. The van der Waals surface area contributed by atoms with Crippen LogP contribution in [0.1, 0.15) is 41.8 Å². The number of rotatable bonds is 9. The Bertz CT molecular complexity index is 591. The number of carboxylic acid groups (broad SMARTS) is 1. The van der Waals surface area contributed by atoms with Crippen molar-refractivity contribution in [1.82, 2.24) is 5.32 Å². The van der Waals surface area contributed by atoms with E-state index in [1.807, 2.05) is 0 Å². The van der Waals surface area contributed by atoms with E-state index in [0.29, 0.717) is 17.8 Å². The Morgan fingerprint density at radius 2 is 1.90 bits per heavy atom. The van der Waals surface area contributed by atoms with E-state index in [1.54, 1.807) is 0 Å². The van der Waals surface area contributed by atoms with Crippen molar-refractivity contribution in [2.45, 2.75) is 37.0 Å². The lowest BCUT2D eigenvalue weighted by molar-refractivity contribution is -0.137. The van der Waals surface area contributed by atoms with Crippen molar-refractivity contribution in [3.8, 4) is 0 Å². The number of amides is 1. The SMILES string of the molecule is CS(=O)(=O)c1csc(C(=O)NCCCCCCC(=O)O)c1. The van der Waals surface area contributed by atoms with E-state index in [2.05, 4.69) is 5.32 Å². The maximum atomic E-state index is 11.8.